The molecule has 2 rings (SSSR count). The Hall–Kier alpha value is -1.39. The largest absolute Gasteiger partial charge is 0.431 e. The quantitative estimate of drug-likeness (QED) is 0.888. The van der Waals surface area contributed by atoms with Crippen LogP contribution in [0.15, 0.2) is 24.3 Å². The van der Waals surface area contributed by atoms with Gasteiger partial charge >= 0.3 is 0 Å². The molecule has 1 aromatic heterocycles. The van der Waals surface area contributed by atoms with Crippen molar-refractivity contribution in [2.45, 2.75) is 20.4 Å². The van der Waals surface area contributed by atoms with E-state index >= 15 is 0 Å². The van der Waals surface area contributed by atoms with E-state index in [0.717, 1.165) is 17.0 Å². The Kier molecular flexibility index (Phi) is 3.22. The molecule has 0 atom stereocenters. The van der Waals surface area contributed by atoms with Crippen molar-refractivity contribution in [3.63, 3.8) is 0 Å². The number of benzene rings is 1. The number of aryl methyl sites for hydroxylation is 2. The average Bonchev–Trinajstić information content (AvgIpc) is 2.59. The lowest BCUT2D eigenvalue weighted by atomic mass is 10.2. The average molecular weight is 234 g/mol. The summed E-state index contributed by atoms with van der Waals surface area (Å²) in [6.07, 6.45) is 0. The summed E-state index contributed by atoms with van der Waals surface area (Å²) in [6, 6.07) is 7.74. The number of thiazole rings is 1. The smallest absolute Gasteiger partial charge is 0.279 e. The molecule has 0 amide bonds. The first kappa shape index (κ1) is 11.1. The minimum atomic E-state index is 0.551. The Morgan fingerprint density at radius 1 is 1.25 bits per heavy atom. The molecule has 0 saturated carbocycles. The summed E-state index contributed by atoms with van der Waals surface area (Å²) in [5.41, 5.74) is 7.65. The third-order valence-electron chi connectivity index (χ3n) is 2.37. The van der Waals surface area contributed by atoms with Gasteiger partial charge in [-0.1, -0.05) is 23.5 Å². The van der Waals surface area contributed by atoms with Gasteiger partial charge in [-0.05, 0) is 31.5 Å². The highest BCUT2D eigenvalue weighted by Crippen LogP contribution is 2.28. The SMILES string of the molecule is Cc1nc(Oc2ccc(CN)cc2)sc1C. The fraction of sp³-hybridized carbons (Fsp3) is 0.250. The molecule has 0 aliphatic heterocycles. The van der Waals surface area contributed by atoms with E-state index in [-0.39, 0.29) is 0 Å². The minimum absolute atomic E-state index is 0.551. The molecule has 0 unspecified atom stereocenters. The van der Waals surface area contributed by atoms with Crippen molar-refractivity contribution >= 4 is 11.3 Å². The summed E-state index contributed by atoms with van der Waals surface area (Å²) in [6.45, 7) is 4.57. The predicted molar refractivity (Wildman–Crippen MR) is 66.0 cm³/mol. The second kappa shape index (κ2) is 4.63. The number of nitrogens with two attached hydrogens (primary N) is 1. The molecule has 1 aromatic carbocycles. The van der Waals surface area contributed by atoms with Crippen molar-refractivity contribution in [1.29, 1.82) is 0 Å². The highest BCUT2D eigenvalue weighted by atomic mass is 32.1. The number of nitrogens with zero attached hydrogens (tertiary/aromatic N) is 1. The molecule has 84 valence electrons. The number of hydrogen-bond donors (Lipinski definition) is 1. The van der Waals surface area contributed by atoms with E-state index in [1.165, 1.54) is 4.88 Å². The maximum Gasteiger partial charge on any atom is 0.279 e. The van der Waals surface area contributed by atoms with Gasteiger partial charge in [0, 0.05) is 11.4 Å². The van der Waals surface area contributed by atoms with Gasteiger partial charge in [0.05, 0.1) is 5.69 Å². The van der Waals surface area contributed by atoms with Crippen LogP contribution in [-0.4, -0.2) is 4.98 Å². The molecule has 0 bridgehead atoms. The molecule has 2 aromatic rings. The number of aromatic nitrogens is 1. The Labute approximate surface area is 98.9 Å². The maximum atomic E-state index is 5.65. The Balaban J connectivity index is 2.14. The lowest BCUT2D eigenvalue weighted by molar-refractivity contribution is 0.477. The summed E-state index contributed by atoms with van der Waals surface area (Å²) in [5, 5.41) is 0.690. The summed E-state index contributed by atoms with van der Waals surface area (Å²) < 4.78 is 5.65. The van der Waals surface area contributed by atoms with Crippen LogP contribution >= 0.6 is 11.3 Å². The van der Waals surface area contributed by atoms with Crippen LogP contribution in [0.5, 0.6) is 10.9 Å². The standard InChI is InChI=1S/C12H14N2OS/c1-8-9(2)16-12(14-8)15-11-5-3-10(7-13)4-6-11/h3-6H,7,13H2,1-2H3. The van der Waals surface area contributed by atoms with Crippen LogP contribution in [0.25, 0.3) is 0 Å². The third-order valence-corrected chi connectivity index (χ3v) is 3.32. The van der Waals surface area contributed by atoms with Crippen molar-refractivity contribution in [3.05, 3.63) is 40.4 Å². The van der Waals surface area contributed by atoms with Crippen molar-refractivity contribution in [2.75, 3.05) is 0 Å². The van der Waals surface area contributed by atoms with Crippen molar-refractivity contribution in [1.82, 2.24) is 4.98 Å². The van der Waals surface area contributed by atoms with Crippen LogP contribution in [0, 0.1) is 13.8 Å². The van der Waals surface area contributed by atoms with Crippen LogP contribution in [0.2, 0.25) is 0 Å². The van der Waals surface area contributed by atoms with E-state index in [1.807, 2.05) is 38.1 Å². The molecule has 0 aliphatic rings. The van der Waals surface area contributed by atoms with Crippen LogP contribution < -0.4 is 10.5 Å². The second-order valence-electron chi connectivity index (χ2n) is 3.57. The van der Waals surface area contributed by atoms with Gasteiger partial charge in [0.2, 0.25) is 0 Å². The molecule has 0 radical (unpaired) electrons. The first-order valence-electron chi connectivity index (χ1n) is 5.10. The van der Waals surface area contributed by atoms with Gasteiger partial charge in [0.25, 0.3) is 5.19 Å². The van der Waals surface area contributed by atoms with Crippen LogP contribution in [0.3, 0.4) is 0 Å². The molecule has 0 saturated heterocycles. The number of hydrogen-bond acceptors (Lipinski definition) is 4. The molecule has 1 heterocycles. The van der Waals surface area contributed by atoms with Gasteiger partial charge in [-0.15, -0.1) is 0 Å². The molecule has 3 nitrogen and oxygen atoms in total. The topological polar surface area (TPSA) is 48.1 Å². The number of rotatable bonds is 3. The Morgan fingerprint density at radius 2 is 1.94 bits per heavy atom. The molecule has 0 fully saturated rings. The van der Waals surface area contributed by atoms with Crippen molar-refractivity contribution < 1.29 is 4.74 Å². The lowest BCUT2D eigenvalue weighted by Gasteiger charge is -2.02. The monoisotopic (exact) mass is 234 g/mol. The Morgan fingerprint density at radius 3 is 2.44 bits per heavy atom. The Bertz CT molecular complexity index is 457. The summed E-state index contributed by atoms with van der Waals surface area (Å²) in [4.78, 5) is 5.51. The van der Waals surface area contributed by atoms with Crippen LogP contribution in [0.1, 0.15) is 16.1 Å². The molecule has 2 N–H and O–H groups in total. The highest BCUT2D eigenvalue weighted by molar-refractivity contribution is 7.13. The van der Waals surface area contributed by atoms with Gasteiger partial charge in [0.15, 0.2) is 0 Å². The van der Waals surface area contributed by atoms with E-state index in [2.05, 4.69) is 4.98 Å². The van der Waals surface area contributed by atoms with E-state index in [9.17, 15) is 0 Å². The summed E-state index contributed by atoms with van der Waals surface area (Å²) in [5.74, 6) is 0.797. The fourth-order valence-electron chi connectivity index (χ4n) is 1.28. The van der Waals surface area contributed by atoms with E-state index < -0.39 is 0 Å². The van der Waals surface area contributed by atoms with E-state index in [1.54, 1.807) is 11.3 Å². The van der Waals surface area contributed by atoms with Crippen LogP contribution in [0.4, 0.5) is 0 Å². The number of ether oxygens (including phenoxy) is 1. The van der Waals surface area contributed by atoms with Gasteiger partial charge in [-0.3, -0.25) is 0 Å². The zero-order chi connectivity index (χ0) is 11.5. The molecule has 0 aliphatic carbocycles. The maximum absolute atomic E-state index is 5.65. The van der Waals surface area contributed by atoms with Crippen molar-refractivity contribution in [2.24, 2.45) is 5.73 Å². The third kappa shape index (κ3) is 2.40. The lowest BCUT2D eigenvalue weighted by Crippen LogP contribution is -1.95. The van der Waals surface area contributed by atoms with Gasteiger partial charge in [0.1, 0.15) is 5.75 Å². The molecule has 0 spiro atoms. The minimum Gasteiger partial charge on any atom is -0.431 e. The molecule has 4 heteroatoms. The second-order valence-corrected chi connectivity index (χ2v) is 4.74. The molecular formula is C12H14N2OS. The first-order valence-corrected chi connectivity index (χ1v) is 5.91. The molecule has 16 heavy (non-hydrogen) atoms. The first-order chi connectivity index (χ1) is 7.69. The summed E-state index contributed by atoms with van der Waals surface area (Å²) >= 11 is 1.56. The summed E-state index contributed by atoms with van der Waals surface area (Å²) in [7, 11) is 0. The van der Waals surface area contributed by atoms with Gasteiger partial charge in [-0.2, -0.15) is 0 Å². The zero-order valence-corrected chi connectivity index (χ0v) is 10.2. The van der Waals surface area contributed by atoms with Crippen molar-refractivity contribution in [3.8, 4) is 10.9 Å². The van der Waals surface area contributed by atoms with E-state index in [0.29, 0.717) is 11.7 Å². The molecular weight excluding hydrogens is 220 g/mol. The zero-order valence-electron chi connectivity index (χ0n) is 9.36. The normalized spacial score (nSPS) is 10.4. The highest BCUT2D eigenvalue weighted by Gasteiger charge is 2.05. The van der Waals surface area contributed by atoms with Gasteiger partial charge < -0.3 is 10.5 Å². The fourth-order valence-corrected chi connectivity index (χ4v) is 2.06. The predicted octanol–water partition coefficient (Wildman–Crippen LogP) is 3.01. The van der Waals surface area contributed by atoms with E-state index in [4.69, 9.17) is 10.5 Å². The van der Waals surface area contributed by atoms with Gasteiger partial charge in [-0.25, -0.2) is 4.98 Å². The van der Waals surface area contributed by atoms with Crippen LogP contribution in [-0.2, 0) is 6.54 Å².